The monoisotopic (exact) mass is 526 g/mol. The molecule has 0 saturated heterocycles. The van der Waals surface area contributed by atoms with Crippen molar-refractivity contribution in [1.82, 2.24) is 25.4 Å². The normalized spacial score (nSPS) is 11.7. The lowest BCUT2D eigenvalue weighted by Gasteiger charge is -2.19. The highest BCUT2D eigenvalue weighted by atomic mass is 19.2. The summed E-state index contributed by atoms with van der Waals surface area (Å²) in [5.41, 5.74) is 8.06. The van der Waals surface area contributed by atoms with Gasteiger partial charge < -0.3 is 16.4 Å². The molecular weight excluding hydrogens is 502 g/mol. The van der Waals surface area contributed by atoms with Gasteiger partial charge in [0.05, 0.1) is 5.69 Å². The van der Waals surface area contributed by atoms with Gasteiger partial charge in [-0.05, 0) is 65.0 Å². The lowest BCUT2D eigenvalue weighted by atomic mass is 10.0. The Hall–Kier alpha value is -5.12. The number of rotatable bonds is 8. The number of fused-ring (bicyclic) bond motifs is 1. The fourth-order valence-electron chi connectivity index (χ4n) is 4.24. The summed E-state index contributed by atoms with van der Waals surface area (Å²) in [6, 6.07) is 18.2. The van der Waals surface area contributed by atoms with Gasteiger partial charge in [0, 0.05) is 42.5 Å². The fraction of sp³-hybridized carbons (Fsp3) is 0.103. The molecule has 10 heteroatoms. The van der Waals surface area contributed by atoms with Crippen LogP contribution < -0.4 is 16.4 Å². The van der Waals surface area contributed by atoms with Gasteiger partial charge in [-0.2, -0.15) is 5.10 Å². The molecule has 8 nitrogen and oxygen atoms in total. The molecule has 1 atom stereocenters. The Morgan fingerprint density at radius 1 is 0.923 bits per heavy atom. The first-order chi connectivity index (χ1) is 18.9. The zero-order chi connectivity index (χ0) is 27.4. The van der Waals surface area contributed by atoms with Gasteiger partial charge in [-0.25, -0.2) is 18.4 Å². The van der Waals surface area contributed by atoms with Gasteiger partial charge in [0.1, 0.15) is 11.9 Å². The summed E-state index contributed by atoms with van der Waals surface area (Å²) < 4.78 is 29.0. The molecule has 0 fully saturated rings. The summed E-state index contributed by atoms with van der Waals surface area (Å²) in [6.07, 6.45) is 4.92. The molecule has 4 N–H and O–H groups in total. The third kappa shape index (κ3) is 5.90. The zero-order valence-corrected chi connectivity index (χ0v) is 20.6. The zero-order valence-electron chi connectivity index (χ0n) is 20.6. The molecule has 0 bridgehead atoms. The van der Waals surface area contributed by atoms with E-state index in [1.807, 2.05) is 24.3 Å². The second-order valence-corrected chi connectivity index (χ2v) is 8.95. The van der Waals surface area contributed by atoms with E-state index in [2.05, 4.69) is 20.7 Å². The summed E-state index contributed by atoms with van der Waals surface area (Å²) in [7, 11) is 0. The third-order valence-electron chi connectivity index (χ3n) is 6.25. The minimum Gasteiger partial charge on any atom is -0.383 e. The van der Waals surface area contributed by atoms with Crippen LogP contribution in [0.2, 0.25) is 0 Å². The van der Waals surface area contributed by atoms with E-state index in [0.29, 0.717) is 22.6 Å². The number of carbonyl (C=O) groups is 2. The van der Waals surface area contributed by atoms with Gasteiger partial charge in [-0.15, -0.1) is 0 Å². The Balaban J connectivity index is 1.35. The van der Waals surface area contributed by atoms with Crippen molar-refractivity contribution >= 4 is 28.4 Å². The van der Waals surface area contributed by atoms with Crippen LogP contribution in [-0.4, -0.2) is 32.6 Å². The van der Waals surface area contributed by atoms with E-state index in [0.717, 1.165) is 28.5 Å². The number of hydrogen-bond donors (Lipinski definition) is 3. The van der Waals surface area contributed by atoms with Gasteiger partial charge in [-0.1, -0.05) is 24.3 Å². The van der Waals surface area contributed by atoms with Crippen LogP contribution in [0.4, 0.5) is 14.6 Å². The van der Waals surface area contributed by atoms with Crippen molar-refractivity contribution in [3.05, 3.63) is 120 Å². The van der Waals surface area contributed by atoms with Crippen molar-refractivity contribution in [2.75, 3.05) is 5.73 Å². The Labute approximate surface area is 222 Å². The Kier molecular flexibility index (Phi) is 7.26. The molecule has 3 aromatic carbocycles. The van der Waals surface area contributed by atoms with Crippen LogP contribution in [0.5, 0.6) is 0 Å². The number of nitrogens with two attached hydrogens (primary N) is 1. The van der Waals surface area contributed by atoms with Gasteiger partial charge in [0.25, 0.3) is 5.91 Å². The standard InChI is InChI=1S/C29H24F2N6O2/c30-24-8-6-18(14-25(24)31)15-26(36-28(38)21-3-1-4-22(16-21)37-12-2-10-35-37)29(39)34-17-19-5-7-23-20(13-19)9-11-33-27(23)32/h1-14,16,26H,15,17H2,(H2,32,33)(H,34,39)(H,36,38)/t26-/m0/s1. The van der Waals surface area contributed by atoms with Crippen molar-refractivity contribution in [3.63, 3.8) is 0 Å². The molecule has 2 aromatic heterocycles. The fourth-order valence-corrected chi connectivity index (χ4v) is 4.24. The number of pyridine rings is 1. The summed E-state index contributed by atoms with van der Waals surface area (Å²) in [4.78, 5) is 30.5. The molecule has 0 aliphatic rings. The maximum absolute atomic E-state index is 13.9. The molecule has 0 unspecified atom stereocenters. The first kappa shape index (κ1) is 25.5. The molecule has 39 heavy (non-hydrogen) atoms. The van der Waals surface area contributed by atoms with E-state index in [1.54, 1.807) is 53.6 Å². The molecule has 2 amide bonds. The van der Waals surface area contributed by atoms with Crippen LogP contribution in [0.1, 0.15) is 21.5 Å². The molecule has 0 spiro atoms. The van der Waals surface area contributed by atoms with Gasteiger partial charge in [-0.3, -0.25) is 9.59 Å². The third-order valence-corrected chi connectivity index (χ3v) is 6.25. The number of amides is 2. The Morgan fingerprint density at radius 3 is 2.56 bits per heavy atom. The molecule has 0 aliphatic heterocycles. The van der Waals surface area contributed by atoms with E-state index in [-0.39, 0.29) is 13.0 Å². The molecule has 5 rings (SSSR count). The lowest BCUT2D eigenvalue weighted by Crippen LogP contribution is -2.47. The van der Waals surface area contributed by atoms with Crippen LogP contribution in [0, 0.1) is 11.6 Å². The van der Waals surface area contributed by atoms with E-state index in [1.165, 1.54) is 6.07 Å². The van der Waals surface area contributed by atoms with Gasteiger partial charge in [0.15, 0.2) is 11.6 Å². The number of benzene rings is 3. The van der Waals surface area contributed by atoms with E-state index in [9.17, 15) is 18.4 Å². The van der Waals surface area contributed by atoms with E-state index in [4.69, 9.17) is 5.73 Å². The topological polar surface area (TPSA) is 115 Å². The second kappa shape index (κ2) is 11.1. The highest BCUT2D eigenvalue weighted by Crippen LogP contribution is 2.20. The van der Waals surface area contributed by atoms with Crippen LogP contribution >= 0.6 is 0 Å². The van der Waals surface area contributed by atoms with Crippen LogP contribution in [-0.2, 0) is 17.8 Å². The summed E-state index contributed by atoms with van der Waals surface area (Å²) in [6.45, 7) is 0.177. The molecule has 0 aliphatic carbocycles. The van der Waals surface area contributed by atoms with Crippen LogP contribution in [0.15, 0.2) is 91.4 Å². The van der Waals surface area contributed by atoms with Gasteiger partial charge >= 0.3 is 0 Å². The number of anilines is 1. The van der Waals surface area contributed by atoms with Crippen molar-refractivity contribution < 1.29 is 18.4 Å². The predicted molar refractivity (Wildman–Crippen MR) is 143 cm³/mol. The molecule has 2 heterocycles. The van der Waals surface area contributed by atoms with E-state index >= 15 is 0 Å². The summed E-state index contributed by atoms with van der Waals surface area (Å²) in [5, 5.41) is 11.4. The van der Waals surface area contributed by atoms with Crippen molar-refractivity contribution in [3.8, 4) is 5.69 Å². The van der Waals surface area contributed by atoms with Crippen molar-refractivity contribution in [2.45, 2.75) is 19.0 Å². The molecule has 5 aromatic rings. The SMILES string of the molecule is Nc1nccc2cc(CNC(=O)[C@H](Cc3ccc(F)c(F)c3)NC(=O)c3cccc(-n4cccn4)c3)ccc12. The Morgan fingerprint density at radius 2 is 1.77 bits per heavy atom. The second-order valence-electron chi connectivity index (χ2n) is 8.95. The van der Waals surface area contributed by atoms with Crippen LogP contribution in [0.3, 0.4) is 0 Å². The minimum absolute atomic E-state index is 0.0481. The van der Waals surface area contributed by atoms with E-state index < -0.39 is 29.5 Å². The largest absolute Gasteiger partial charge is 0.383 e. The molecular formula is C29H24F2N6O2. The predicted octanol–water partition coefficient (Wildman–Crippen LogP) is 3.94. The minimum atomic E-state index is -1.06. The summed E-state index contributed by atoms with van der Waals surface area (Å²) >= 11 is 0. The number of nitrogen functional groups attached to an aromatic ring is 1. The lowest BCUT2D eigenvalue weighted by molar-refractivity contribution is -0.123. The summed E-state index contributed by atoms with van der Waals surface area (Å²) in [5.74, 6) is -2.60. The number of carbonyl (C=O) groups excluding carboxylic acids is 2. The van der Waals surface area contributed by atoms with Crippen LogP contribution in [0.25, 0.3) is 16.5 Å². The average Bonchev–Trinajstić information content (AvgIpc) is 3.49. The quantitative estimate of drug-likeness (QED) is 0.283. The molecule has 0 radical (unpaired) electrons. The number of halogens is 2. The first-order valence-corrected chi connectivity index (χ1v) is 12.1. The number of nitrogens with one attached hydrogen (secondary N) is 2. The maximum atomic E-state index is 13.9. The number of hydrogen-bond acceptors (Lipinski definition) is 5. The molecule has 0 saturated carbocycles. The first-order valence-electron chi connectivity index (χ1n) is 12.1. The number of nitrogens with zero attached hydrogens (tertiary/aromatic N) is 3. The maximum Gasteiger partial charge on any atom is 0.252 e. The highest BCUT2D eigenvalue weighted by Gasteiger charge is 2.23. The molecule has 196 valence electrons. The van der Waals surface area contributed by atoms with Crippen molar-refractivity contribution in [1.29, 1.82) is 0 Å². The highest BCUT2D eigenvalue weighted by molar-refractivity contribution is 5.98. The number of aromatic nitrogens is 3. The Bertz CT molecular complexity index is 1660. The smallest absolute Gasteiger partial charge is 0.252 e. The van der Waals surface area contributed by atoms with Gasteiger partial charge in [0.2, 0.25) is 5.91 Å². The average molecular weight is 527 g/mol. The van der Waals surface area contributed by atoms with Crippen molar-refractivity contribution in [2.24, 2.45) is 0 Å².